The molecule has 1 aliphatic carbocycles. The van der Waals surface area contributed by atoms with Crippen molar-refractivity contribution < 1.29 is 22.8 Å². The second-order valence-corrected chi connectivity index (χ2v) is 6.77. The molecule has 1 saturated heterocycles. The average molecular weight is 376 g/mol. The summed E-state index contributed by atoms with van der Waals surface area (Å²) in [6, 6.07) is 0.756. The van der Waals surface area contributed by atoms with Crippen molar-refractivity contribution in [1.29, 1.82) is 0 Å². The summed E-state index contributed by atoms with van der Waals surface area (Å²) in [5, 5.41) is 2.98. The van der Waals surface area contributed by atoms with E-state index in [1.165, 1.54) is 4.90 Å². The van der Waals surface area contributed by atoms with Crippen molar-refractivity contribution in [3.05, 3.63) is 22.8 Å². The van der Waals surface area contributed by atoms with Crippen molar-refractivity contribution in [2.45, 2.75) is 56.8 Å². The van der Waals surface area contributed by atoms with Gasteiger partial charge >= 0.3 is 6.18 Å². The van der Waals surface area contributed by atoms with Crippen molar-refractivity contribution in [3.63, 3.8) is 0 Å². The molecule has 1 aliphatic heterocycles. The predicted molar refractivity (Wildman–Crippen MR) is 85.0 cm³/mol. The lowest BCUT2D eigenvalue weighted by molar-refractivity contribution is -0.142. The van der Waals surface area contributed by atoms with E-state index in [9.17, 15) is 22.8 Å². The highest BCUT2D eigenvalue weighted by molar-refractivity contribution is 6.33. The molecule has 3 rings (SSSR count). The van der Waals surface area contributed by atoms with Crippen molar-refractivity contribution >= 4 is 29.2 Å². The molecule has 2 heterocycles. The normalized spacial score (nSPS) is 24.7. The maximum absolute atomic E-state index is 12.6. The first-order valence-corrected chi connectivity index (χ1v) is 8.47. The molecule has 1 N–H and O–H groups in total. The number of carbonyl (C=O) groups excluding carboxylic acids is 2. The minimum Gasteiger partial charge on any atom is -0.366 e. The molecule has 5 nitrogen and oxygen atoms in total. The molecule has 1 aromatic rings. The molecule has 1 aromatic heterocycles. The van der Waals surface area contributed by atoms with Gasteiger partial charge in [-0.3, -0.25) is 14.5 Å². The van der Waals surface area contributed by atoms with Crippen LogP contribution >= 0.6 is 11.6 Å². The smallest absolute Gasteiger partial charge is 0.366 e. The summed E-state index contributed by atoms with van der Waals surface area (Å²) in [4.78, 5) is 28.7. The SMILES string of the molecule is O=C1CCC(=O)N1C1CCC(Nc2ncc(C(F)(F)F)cc2Cl)CC1. The third-order valence-electron chi connectivity index (χ3n) is 4.66. The van der Waals surface area contributed by atoms with Crippen molar-refractivity contribution in [3.8, 4) is 0 Å². The quantitative estimate of drug-likeness (QED) is 0.819. The zero-order valence-electron chi connectivity index (χ0n) is 13.3. The number of pyridine rings is 1. The molecule has 2 aliphatic rings. The van der Waals surface area contributed by atoms with Gasteiger partial charge in [0.2, 0.25) is 11.8 Å². The summed E-state index contributed by atoms with van der Waals surface area (Å²) >= 11 is 5.90. The van der Waals surface area contributed by atoms with Crippen LogP contribution in [-0.4, -0.2) is 33.8 Å². The van der Waals surface area contributed by atoms with E-state index in [4.69, 9.17) is 11.6 Å². The van der Waals surface area contributed by atoms with Gasteiger partial charge in [0.15, 0.2) is 0 Å². The Morgan fingerprint density at radius 2 is 1.72 bits per heavy atom. The Labute approximate surface area is 147 Å². The van der Waals surface area contributed by atoms with Gasteiger partial charge in [-0.2, -0.15) is 13.2 Å². The lowest BCUT2D eigenvalue weighted by Crippen LogP contribution is -2.43. The van der Waals surface area contributed by atoms with Crippen LogP contribution < -0.4 is 5.32 Å². The number of anilines is 1. The van der Waals surface area contributed by atoms with Gasteiger partial charge in [0, 0.05) is 31.1 Å². The topological polar surface area (TPSA) is 62.3 Å². The summed E-state index contributed by atoms with van der Waals surface area (Å²) in [7, 11) is 0. The summed E-state index contributed by atoms with van der Waals surface area (Å²) < 4.78 is 37.9. The largest absolute Gasteiger partial charge is 0.417 e. The standard InChI is InChI=1S/C16H17ClF3N3O2/c17-12-7-9(16(18,19)20)8-21-15(12)22-10-1-3-11(4-2-10)23-13(24)5-6-14(23)25/h7-8,10-11H,1-6H2,(H,21,22). The van der Waals surface area contributed by atoms with Crippen molar-refractivity contribution in [2.75, 3.05) is 5.32 Å². The minimum atomic E-state index is -4.48. The van der Waals surface area contributed by atoms with Gasteiger partial charge < -0.3 is 5.32 Å². The number of alkyl halides is 3. The zero-order valence-corrected chi connectivity index (χ0v) is 14.0. The van der Waals surface area contributed by atoms with Crippen molar-refractivity contribution in [2.24, 2.45) is 0 Å². The molecule has 0 aromatic carbocycles. The molecule has 0 bridgehead atoms. The number of hydrogen-bond donors (Lipinski definition) is 1. The van der Waals surface area contributed by atoms with Crippen LogP contribution in [0.3, 0.4) is 0 Å². The lowest BCUT2D eigenvalue weighted by Gasteiger charge is -2.34. The number of amides is 2. The number of nitrogens with zero attached hydrogens (tertiary/aromatic N) is 2. The maximum Gasteiger partial charge on any atom is 0.417 e. The Morgan fingerprint density at radius 3 is 2.24 bits per heavy atom. The second kappa shape index (κ2) is 6.82. The van der Waals surface area contributed by atoms with Crippen LogP contribution in [0, 0.1) is 0 Å². The van der Waals surface area contributed by atoms with E-state index in [0.717, 1.165) is 12.3 Å². The Morgan fingerprint density at radius 1 is 1.12 bits per heavy atom. The van der Waals surface area contributed by atoms with Gasteiger partial charge in [-0.05, 0) is 31.7 Å². The van der Waals surface area contributed by atoms with E-state index in [0.29, 0.717) is 25.7 Å². The molecule has 2 fully saturated rings. The third kappa shape index (κ3) is 3.89. The molecule has 0 spiro atoms. The Balaban J connectivity index is 1.59. The van der Waals surface area contributed by atoms with Crippen molar-refractivity contribution in [1.82, 2.24) is 9.88 Å². The number of rotatable bonds is 3. The van der Waals surface area contributed by atoms with E-state index in [1.807, 2.05) is 0 Å². The molecule has 0 atom stereocenters. The first-order chi connectivity index (χ1) is 11.8. The summed E-state index contributed by atoms with van der Waals surface area (Å²) in [5.41, 5.74) is -0.891. The van der Waals surface area contributed by atoms with E-state index < -0.39 is 11.7 Å². The van der Waals surface area contributed by atoms with Crippen LogP contribution in [-0.2, 0) is 15.8 Å². The molecule has 2 amide bonds. The molecule has 0 radical (unpaired) electrons. The van der Waals surface area contributed by atoms with Gasteiger partial charge in [0.25, 0.3) is 0 Å². The van der Waals surface area contributed by atoms with Crippen LogP contribution in [0.25, 0.3) is 0 Å². The fraction of sp³-hybridized carbons (Fsp3) is 0.562. The average Bonchev–Trinajstić information content (AvgIpc) is 2.88. The van der Waals surface area contributed by atoms with Crippen LogP contribution in [0.15, 0.2) is 12.3 Å². The molecular weight excluding hydrogens is 359 g/mol. The molecule has 9 heteroatoms. The number of imide groups is 1. The lowest BCUT2D eigenvalue weighted by atomic mass is 9.90. The minimum absolute atomic E-state index is 0.00852. The molecule has 0 unspecified atom stereocenters. The fourth-order valence-corrected chi connectivity index (χ4v) is 3.59. The summed E-state index contributed by atoms with van der Waals surface area (Å²) in [6.07, 6.45) is -0.490. The first kappa shape index (κ1) is 18.0. The van der Waals surface area contributed by atoms with Crippen LogP contribution in [0.2, 0.25) is 5.02 Å². The molecular formula is C16H17ClF3N3O2. The maximum atomic E-state index is 12.6. The highest BCUT2D eigenvalue weighted by Gasteiger charge is 2.37. The number of hydrogen-bond acceptors (Lipinski definition) is 4. The summed E-state index contributed by atoms with van der Waals surface area (Å²) in [6.45, 7) is 0. The van der Waals surface area contributed by atoms with E-state index >= 15 is 0 Å². The number of aromatic nitrogens is 1. The van der Waals surface area contributed by atoms with Gasteiger partial charge in [-0.25, -0.2) is 4.98 Å². The number of likely N-dealkylation sites (tertiary alicyclic amines) is 1. The monoisotopic (exact) mass is 375 g/mol. The molecule has 1 saturated carbocycles. The highest BCUT2D eigenvalue weighted by atomic mass is 35.5. The van der Waals surface area contributed by atoms with Gasteiger partial charge in [-0.15, -0.1) is 0 Å². The molecule has 136 valence electrons. The second-order valence-electron chi connectivity index (χ2n) is 6.36. The zero-order chi connectivity index (χ0) is 18.2. The Bertz CT molecular complexity index is 672. The number of carbonyl (C=O) groups is 2. The van der Waals surface area contributed by atoms with E-state index in [-0.39, 0.29) is 47.6 Å². The van der Waals surface area contributed by atoms with E-state index in [2.05, 4.69) is 10.3 Å². The molecule has 25 heavy (non-hydrogen) atoms. The summed E-state index contributed by atoms with van der Waals surface area (Å²) in [5.74, 6) is -0.0193. The van der Waals surface area contributed by atoms with Crippen LogP contribution in [0.1, 0.15) is 44.1 Å². The van der Waals surface area contributed by atoms with Gasteiger partial charge in [-0.1, -0.05) is 11.6 Å². The van der Waals surface area contributed by atoms with Crippen LogP contribution in [0.4, 0.5) is 19.0 Å². The predicted octanol–water partition coefficient (Wildman–Crippen LogP) is 3.63. The number of nitrogens with one attached hydrogen (secondary N) is 1. The Kier molecular flexibility index (Phi) is 4.90. The fourth-order valence-electron chi connectivity index (χ4n) is 3.37. The Hall–Kier alpha value is -1.83. The highest BCUT2D eigenvalue weighted by Crippen LogP contribution is 2.34. The van der Waals surface area contributed by atoms with E-state index in [1.54, 1.807) is 0 Å². The van der Waals surface area contributed by atoms with Crippen LogP contribution in [0.5, 0.6) is 0 Å². The van der Waals surface area contributed by atoms with Gasteiger partial charge in [0.1, 0.15) is 5.82 Å². The van der Waals surface area contributed by atoms with Gasteiger partial charge in [0.05, 0.1) is 10.6 Å². The third-order valence-corrected chi connectivity index (χ3v) is 4.95. The number of halogens is 4. The first-order valence-electron chi connectivity index (χ1n) is 8.10.